The van der Waals surface area contributed by atoms with Crippen LogP contribution in [0.3, 0.4) is 0 Å². The molecule has 0 spiro atoms. The highest BCUT2D eigenvalue weighted by molar-refractivity contribution is 7.87. The SMILES string of the molecule is NS(=O)(=O)NC[C@H]1CC2c3ccccc3C1c1ccccc12. The van der Waals surface area contributed by atoms with Gasteiger partial charge in [-0.05, 0) is 34.6 Å². The molecular formula is C17H18N2O2S. The maximum atomic E-state index is 11.2. The standard InChI is InChI=1S/C17H18N2O2S/c18-22(20,21)19-10-11-9-16-12-5-1-3-7-14(12)17(11)15-8-4-2-6-13(15)16/h1-8,11,16-17,19H,9-10H2,(H2,18,20,21)/t11-,16?,17?/m1/s1. The molecule has 22 heavy (non-hydrogen) atoms. The van der Waals surface area contributed by atoms with Gasteiger partial charge in [0.05, 0.1) is 0 Å². The van der Waals surface area contributed by atoms with Crippen molar-refractivity contribution in [3.05, 3.63) is 70.8 Å². The van der Waals surface area contributed by atoms with E-state index in [1.807, 2.05) is 0 Å². The number of benzene rings is 2. The summed E-state index contributed by atoms with van der Waals surface area (Å²) in [6, 6.07) is 17.0. The molecule has 0 aliphatic heterocycles. The zero-order valence-electron chi connectivity index (χ0n) is 12.1. The predicted octanol–water partition coefficient (Wildman–Crippen LogP) is 2.08. The van der Waals surface area contributed by atoms with Crippen molar-refractivity contribution in [2.75, 3.05) is 6.54 Å². The molecule has 5 heteroatoms. The number of rotatable bonds is 3. The van der Waals surface area contributed by atoms with Crippen LogP contribution in [0, 0.1) is 5.92 Å². The Labute approximate surface area is 130 Å². The van der Waals surface area contributed by atoms with E-state index in [9.17, 15) is 8.42 Å². The van der Waals surface area contributed by atoms with Crippen molar-refractivity contribution in [3.8, 4) is 0 Å². The molecule has 0 saturated heterocycles. The van der Waals surface area contributed by atoms with Crippen LogP contribution in [-0.4, -0.2) is 15.0 Å². The van der Waals surface area contributed by atoms with Crippen molar-refractivity contribution in [1.29, 1.82) is 0 Å². The lowest BCUT2D eigenvalue weighted by atomic mass is 9.59. The van der Waals surface area contributed by atoms with Gasteiger partial charge in [0.15, 0.2) is 0 Å². The van der Waals surface area contributed by atoms with E-state index in [1.165, 1.54) is 22.3 Å². The number of hydrogen-bond donors (Lipinski definition) is 2. The number of nitrogens with two attached hydrogens (primary N) is 1. The molecule has 0 aromatic heterocycles. The van der Waals surface area contributed by atoms with Gasteiger partial charge in [-0.15, -0.1) is 0 Å². The molecule has 0 unspecified atom stereocenters. The van der Waals surface area contributed by atoms with Crippen molar-refractivity contribution in [1.82, 2.24) is 4.72 Å². The van der Waals surface area contributed by atoms with Crippen LogP contribution >= 0.6 is 0 Å². The quantitative estimate of drug-likeness (QED) is 0.910. The highest BCUT2D eigenvalue weighted by Gasteiger charge is 2.42. The summed E-state index contributed by atoms with van der Waals surface area (Å²) >= 11 is 0. The van der Waals surface area contributed by atoms with Gasteiger partial charge >= 0.3 is 0 Å². The number of fused-ring (bicyclic) bond motifs is 1. The molecule has 0 saturated carbocycles. The van der Waals surface area contributed by atoms with Crippen LogP contribution < -0.4 is 9.86 Å². The molecule has 0 heterocycles. The summed E-state index contributed by atoms with van der Waals surface area (Å²) in [4.78, 5) is 0. The van der Waals surface area contributed by atoms with Gasteiger partial charge in [-0.2, -0.15) is 8.42 Å². The molecule has 5 rings (SSSR count). The van der Waals surface area contributed by atoms with E-state index < -0.39 is 10.2 Å². The second kappa shape index (κ2) is 4.91. The minimum Gasteiger partial charge on any atom is -0.216 e. The lowest BCUT2D eigenvalue weighted by Gasteiger charge is -2.45. The van der Waals surface area contributed by atoms with Crippen LogP contribution in [0.4, 0.5) is 0 Å². The summed E-state index contributed by atoms with van der Waals surface area (Å²) in [5.41, 5.74) is 5.44. The van der Waals surface area contributed by atoms with E-state index in [2.05, 4.69) is 53.3 Å². The first kappa shape index (κ1) is 13.9. The lowest BCUT2D eigenvalue weighted by Crippen LogP contribution is -2.41. The summed E-state index contributed by atoms with van der Waals surface area (Å²) in [5, 5.41) is 5.10. The first-order valence-corrected chi connectivity index (χ1v) is 9.04. The Balaban J connectivity index is 1.79. The van der Waals surface area contributed by atoms with Gasteiger partial charge in [-0.25, -0.2) is 9.86 Å². The lowest BCUT2D eigenvalue weighted by molar-refractivity contribution is 0.355. The fraction of sp³-hybridized carbons (Fsp3) is 0.294. The Morgan fingerprint density at radius 2 is 1.45 bits per heavy atom. The molecule has 0 radical (unpaired) electrons. The van der Waals surface area contributed by atoms with Gasteiger partial charge < -0.3 is 0 Å². The maximum absolute atomic E-state index is 11.2. The monoisotopic (exact) mass is 314 g/mol. The highest BCUT2D eigenvalue weighted by atomic mass is 32.2. The molecule has 2 aromatic carbocycles. The Morgan fingerprint density at radius 3 is 1.95 bits per heavy atom. The Hall–Kier alpha value is -1.69. The van der Waals surface area contributed by atoms with Crippen LogP contribution in [0.25, 0.3) is 0 Å². The van der Waals surface area contributed by atoms with Crippen LogP contribution in [0.2, 0.25) is 0 Å². The smallest absolute Gasteiger partial charge is 0.216 e. The molecule has 114 valence electrons. The van der Waals surface area contributed by atoms with Crippen molar-refractivity contribution < 1.29 is 8.42 Å². The summed E-state index contributed by atoms with van der Waals surface area (Å²) < 4.78 is 25.0. The molecular weight excluding hydrogens is 296 g/mol. The third-order valence-corrected chi connectivity index (χ3v) is 5.54. The fourth-order valence-electron chi connectivity index (χ4n) is 4.18. The van der Waals surface area contributed by atoms with Gasteiger partial charge in [0, 0.05) is 18.4 Å². The van der Waals surface area contributed by atoms with E-state index in [-0.39, 0.29) is 11.8 Å². The molecule has 3 aliphatic rings. The van der Waals surface area contributed by atoms with Crippen LogP contribution in [-0.2, 0) is 10.2 Å². The summed E-state index contributed by atoms with van der Waals surface area (Å²) in [6.07, 6.45) is 0.960. The zero-order valence-corrected chi connectivity index (χ0v) is 12.9. The molecule has 3 N–H and O–H groups in total. The Bertz CT molecular complexity index is 785. The van der Waals surface area contributed by atoms with Gasteiger partial charge in [0.25, 0.3) is 10.2 Å². The van der Waals surface area contributed by atoms with Crippen LogP contribution in [0.15, 0.2) is 48.5 Å². The summed E-state index contributed by atoms with van der Waals surface area (Å²) in [7, 11) is -3.65. The third-order valence-electron chi connectivity index (χ3n) is 4.97. The molecule has 3 aliphatic carbocycles. The maximum Gasteiger partial charge on any atom is 0.274 e. The van der Waals surface area contributed by atoms with Gasteiger partial charge in [0.1, 0.15) is 0 Å². The highest BCUT2D eigenvalue weighted by Crippen LogP contribution is 2.55. The second-order valence-corrected chi connectivity index (χ2v) is 7.56. The second-order valence-electron chi connectivity index (χ2n) is 6.18. The van der Waals surface area contributed by atoms with Crippen molar-refractivity contribution >= 4 is 10.2 Å². The van der Waals surface area contributed by atoms with E-state index in [0.29, 0.717) is 12.5 Å². The largest absolute Gasteiger partial charge is 0.274 e. The van der Waals surface area contributed by atoms with E-state index in [4.69, 9.17) is 5.14 Å². The molecule has 0 fully saturated rings. The first-order valence-electron chi connectivity index (χ1n) is 7.49. The van der Waals surface area contributed by atoms with Crippen molar-refractivity contribution in [2.24, 2.45) is 11.1 Å². The van der Waals surface area contributed by atoms with Crippen LogP contribution in [0.5, 0.6) is 0 Å². The molecule has 2 aromatic rings. The minimum atomic E-state index is -3.65. The normalized spacial score (nSPS) is 25.6. The van der Waals surface area contributed by atoms with Crippen molar-refractivity contribution in [2.45, 2.75) is 18.3 Å². The Morgan fingerprint density at radius 1 is 0.955 bits per heavy atom. The summed E-state index contributed by atoms with van der Waals surface area (Å²) in [6.45, 7) is 0.392. The first-order chi connectivity index (χ1) is 10.5. The fourth-order valence-corrected chi connectivity index (χ4v) is 4.63. The predicted molar refractivity (Wildman–Crippen MR) is 85.8 cm³/mol. The van der Waals surface area contributed by atoms with Gasteiger partial charge in [-0.1, -0.05) is 48.5 Å². The summed E-state index contributed by atoms with van der Waals surface area (Å²) in [5.74, 6) is 0.837. The average molecular weight is 314 g/mol. The zero-order chi connectivity index (χ0) is 15.3. The molecule has 0 amide bonds. The third kappa shape index (κ3) is 2.17. The molecule has 4 nitrogen and oxygen atoms in total. The Kier molecular flexibility index (Phi) is 3.11. The molecule has 2 bridgehead atoms. The number of hydrogen-bond acceptors (Lipinski definition) is 2. The average Bonchev–Trinajstić information content (AvgIpc) is 2.52. The molecule has 1 atom stereocenters. The van der Waals surface area contributed by atoms with E-state index in [0.717, 1.165) is 6.42 Å². The number of nitrogens with one attached hydrogen (secondary N) is 1. The minimum absolute atomic E-state index is 0.242. The van der Waals surface area contributed by atoms with Crippen molar-refractivity contribution in [3.63, 3.8) is 0 Å². The van der Waals surface area contributed by atoms with Gasteiger partial charge in [-0.3, -0.25) is 0 Å². The van der Waals surface area contributed by atoms with E-state index in [1.54, 1.807) is 0 Å². The van der Waals surface area contributed by atoms with Crippen LogP contribution in [0.1, 0.15) is 40.5 Å². The topological polar surface area (TPSA) is 72.2 Å². The van der Waals surface area contributed by atoms with E-state index >= 15 is 0 Å². The van der Waals surface area contributed by atoms with Gasteiger partial charge in [0.2, 0.25) is 0 Å².